The van der Waals surface area contributed by atoms with Crippen LogP contribution in [0.2, 0.25) is 0 Å². The second kappa shape index (κ2) is 77.3. The Balaban J connectivity index is -0.0000000177. The van der Waals surface area contributed by atoms with Crippen LogP contribution in [0.3, 0.4) is 0 Å². The van der Waals surface area contributed by atoms with Crippen LogP contribution in [0.25, 0.3) is 0 Å². The number of carbonyl (C=O) groups is 4. The third-order valence-electron chi connectivity index (χ3n) is 0.800. The molecule has 0 aromatic carbocycles. The van der Waals surface area contributed by atoms with Crippen molar-refractivity contribution in [3.8, 4) is 0 Å². The number of amides is 2. The van der Waals surface area contributed by atoms with Gasteiger partial charge in [0.25, 0.3) is 12.4 Å². The number of ether oxygens (including phenoxy) is 1. The van der Waals surface area contributed by atoms with Crippen LogP contribution in [-0.4, -0.2) is 50.6 Å². The third-order valence-corrected chi connectivity index (χ3v) is 0.800. The molecule has 0 aromatic rings. The Morgan fingerprint density at radius 1 is 0.840 bits per heavy atom. The molecule has 0 atom stereocenters. The van der Waals surface area contributed by atoms with E-state index >= 15 is 0 Å². The Kier molecular flexibility index (Phi) is 175. The number of hydrogen-bond donors (Lipinski definition) is 3. The molecule has 1 radical (unpaired) electrons. The molecule has 0 saturated heterocycles. The maximum absolute atomic E-state index is 9.70. The summed E-state index contributed by atoms with van der Waals surface area (Å²) in [5, 5.41) is 12.2. The fraction of sp³-hybridized carbons (Fsp3) is 0.750. The molecule has 25 heavy (non-hydrogen) atoms. The van der Waals surface area contributed by atoms with Crippen LogP contribution in [0.1, 0.15) is 63.3 Å². The van der Waals surface area contributed by atoms with E-state index in [0.29, 0.717) is 6.47 Å². The monoisotopic (exact) mass is 447 g/mol. The molecule has 0 fully saturated rings. The van der Waals surface area contributed by atoms with E-state index in [9.17, 15) is 9.59 Å². The minimum Gasteiger partial charge on any atom is -0.481 e. The number of rotatable bonds is 1. The van der Waals surface area contributed by atoms with Crippen molar-refractivity contribution in [3.63, 3.8) is 0 Å². The van der Waals surface area contributed by atoms with Gasteiger partial charge in [0.2, 0.25) is 11.8 Å². The molecule has 155 valence electrons. The van der Waals surface area contributed by atoms with Gasteiger partial charge in [-0.3, -0.25) is 19.2 Å². The summed E-state index contributed by atoms with van der Waals surface area (Å²) in [7, 11) is 4.51. The van der Waals surface area contributed by atoms with Crippen molar-refractivity contribution in [2.24, 2.45) is 0 Å². The molecule has 0 aliphatic rings. The van der Waals surface area contributed by atoms with Gasteiger partial charge in [0.15, 0.2) is 0 Å². The van der Waals surface area contributed by atoms with Crippen molar-refractivity contribution in [3.05, 3.63) is 0 Å². The summed E-state index contributed by atoms with van der Waals surface area (Å²) in [6, 6.07) is 0. The van der Waals surface area contributed by atoms with Gasteiger partial charge in [0.05, 0.1) is 7.11 Å². The normalized spacial score (nSPS) is 5.04. The number of carbonyl (C=O) groups excluding carboxylic acids is 3. The fourth-order valence-electron chi connectivity index (χ4n) is 0. The van der Waals surface area contributed by atoms with E-state index in [0.717, 1.165) is 6.92 Å². The summed E-state index contributed by atoms with van der Waals surface area (Å²) < 4.78 is 3.86. The molecular formula is C16H42N2O6Y. The van der Waals surface area contributed by atoms with Gasteiger partial charge in [-0.25, -0.2) is 0 Å². The molecule has 0 rings (SSSR count). The predicted octanol–water partition coefficient (Wildman–Crippen LogP) is 2.71. The number of nitrogens with one attached hydrogen (secondary N) is 2. The summed E-state index contributed by atoms with van der Waals surface area (Å²) in [4.78, 5) is 37.4. The van der Waals surface area contributed by atoms with Gasteiger partial charge >= 0.3 is 0 Å². The van der Waals surface area contributed by atoms with Crippen LogP contribution in [0, 0.1) is 0 Å². The van der Waals surface area contributed by atoms with Crippen molar-refractivity contribution in [2.75, 3.05) is 21.2 Å². The van der Waals surface area contributed by atoms with E-state index in [2.05, 4.69) is 15.4 Å². The number of carboxylic acid groups (broad SMARTS) is 1. The zero-order valence-corrected chi connectivity index (χ0v) is 19.0. The van der Waals surface area contributed by atoms with Gasteiger partial charge < -0.3 is 20.5 Å². The Morgan fingerprint density at radius 2 is 0.920 bits per heavy atom. The van der Waals surface area contributed by atoms with Crippen molar-refractivity contribution < 1.29 is 61.7 Å². The maximum Gasteiger partial charge on any atom is 0.300 e. The van der Waals surface area contributed by atoms with Crippen LogP contribution in [0.4, 0.5) is 0 Å². The quantitative estimate of drug-likeness (QED) is 0.532. The zero-order valence-electron chi connectivity index (χ0n) is 16.1. The first-order valence-corrected chi connectivity index (χ1v) is 6.72. The van der Waals surface area contributed by atoms with Gasteiger partial charge in [0, 0.05) is 67.6 Å². The molecule has 8 nitrogen and oxygen atoms in total. The van der Waals surface area contributed by atoms with Crippen molar-refractivity contribution in [2.45, 2.75) is 63.3 Å². The van der Waals surface area contributed by atoms with E-state index in [1.54, 1.807) is 14.1 Å². The van der Waals surface area contributed by atoms with Crippen molar-refractivity contribution >= 4 is 24.3 Å². The van der Waals surface area contributed by atoms with Gasteiger partial charge in [-0.1, -0.05) is 42.5 Å². The first-order valence-electron chi connectivity index (χ1n) is 6.72. The molecule has 0 aliphatic carbocycles. The summed E-state index contributed by atoms with van der Waals surface area (Å²) in [6.07, 6.45) is 0. The van der Waals surface area contributed by atoms with Crippen LogP contribution < -0.4 is 10.6 Å². The topological polar surface area (TPSA) is 122 Å². The Labute approximate surface area is 180 Å². The molecule has 9 heteroatoms. The predicted molar refractivity (Wildman–Crippen MR) is 102 cm³/mol. The van der Waals surface area contributed by atoms with Gasteiger partial charge in [-0.05, 0) is 0 Å². The zero-order chi connectivity index (χ0) is 19.6. The van der Waals surface area contributed by atoms with Crippen molar-refractivity contribution in [1.82, 2.24) is 10.6 Å². The van der Waals surface area contributed by atoms with Gasteiger partial charge in [-0.15, -0.1) is 0 Å². The number of aliphatic carboxylic acids is 1. The Hall–Kier alpha value is -1.02. The van der Waals surface area contributed by atoms with E-state index < -0.39 is 5.97 Å². The number of hydrogen-bond acceptors (Lipinski definition) is 5. The van der Waals surface area contributed by atoms with Crippen LogP contribution in [0.15, 0.2) is 0 Å². The molecule has 0 aromatic heterocycles. The van der Waals surface area contributed by atoms with Crippen molar-refractivity contribution in [1.29, 1.82) is 0 Å². The minimum atomic E-state index is -0.833. The molecule has 0 heterocycles. The van der Waals surface area contributed by atoms with Crippen LogP contribution in [0.5, 0.6) is 0 Å². The first-order chi connectivity index (χ1) is 10.2. The summed E-state index contributed by atoms with van der Waals surface area (Å²) in [6.45, 7) is 12.4. The summed E-state index contributed by atoms with van der Waals surface area (Å²) in [5.41, 5.74) is 0. The molecule has 0 spiro atoms. The molecule has 3 N–H and O–H groups in total. The number of methoxy groups -OCH3 is 1. The van der Waals surface area contributed by atoms with Crippen LogP contribution >= 0.6 is 0 Å². The molecular weight excluding hydrogens is 405 g/mol. The first kappa shape index (κ1) is 56.4. The Morgan fingerprint density at radius 3 is 0.920 bits per heavy atom. The average molecular weight is 447 g/mol. The standard InChI is InChI=1S/2C3H7NO.2C2H4O2.2C2H6.2CH4.Y/c2*1-3(5)4-2;1-4-2-3;1-2(3)4;2*1-2;;;/h2*1-2H3,(H,4,5);2H,1H3;1H3,(H,3,4);2*1-2H3;2*1H4;. The van der Waals surface area contributed by atoms with E-state index in [1.165, 1.54) is 21.0 Å². The molecule has 0 bridgehead atoms. The summed E-state index contributed by atoms with van der Waals surface area (Å²) in [5.74, 6) is -0.824. The van der Waals surface area contributed by atoms with Crippen LogP contribution in [-0.2, 0) is 56.6 Å². The maximum atomic E-state index is 9.70. The second-order valence-corrected chi connectivity index (χ2v) is 2.46. The number of carboxylic acids is 1. The average Bonchev–Trinajstić information content (AvgIpc) is 2.51. The SMILES string of the molecule is C.C.CC.CC.CC(=O)O.CNC(C)=O.CNC(C)=O.COC=O.[Y]. The van der Waals surface area contributed by atoms with E-state index in [4.69, 9.17) is 14.7 Å². The van der Waals surface area contributed by atoms with Gasteiger partial charge in [-0.2, -0.15) is 0 Å². The second-order valence-electron chi connectivity index (χ2n) is 2.46. The summed E-state index contributed by atoms with van der Waals surface area (Å²) >= 11 is 0. The third kappa shape index (κ3) is 638. The van der Waals surface area contributed by atoms with E-state index in [-0.39, 0.29) is 59.4 Å². The molecule has 0 aliphatic heterocycles. The minimum absolute atomic E-state index is 0. The largest absolute Gasteiger partial charge is 0.481 e. The molecule has 0 saturated carbocycles. The molecule has 2 amide bonds. The van der Waals surface area contributed by atoms with E-state index in [1.807, 2.05) is 27.7 Å². The molecule has 0 unspecified atom stereocenters. The Bertz CT molecular complexity index is 223. The fourth-order valence-corrected chi connectivity index (χ4v) is 0. The smallest absolute Gasteiger partial charge is 0.300 e. The van der Waals surface area contributed by atoms with Gasteiger partial charge in [0.1, 0.15) is 0 Å².